The van der Waals surface area contributed by atoms with Crippen molar-refractivity contribution in [1.29, 1.82) is 0 Å². The Balaban J connectivity index is -0.000000405. The number of alkyl halides is 3. The number of hydrogen-bond acceptors (Lipinski definition) is 2. The maximum atomic E-state index is 11.6. The summed E-state index contributed by atoms with van der Waals surface area (Å²) in [4.78, 5) is 15.5. The van der Waals surface area contributed by atoms with Crippen molar-refractivity contribution >= 4 is 7.82 Å². The first-order valence-electron chi connectivity index (χ1n) is 1.99. The van der Waals surface area contributed by atoms with Gasteiger partial charge in [0.05, 0.1) is 0 Å². The largest absolute Gasteiger partial charge is 1.00 e. The summed E-state index contributed by atoms with van der Waals surface area (Å²) in [5, 5.41) is 0. The fourth-order valence-corrected chi connectivity index (χ4v) is 0.532. The summed E-state index contributed by atoms with van der Waals surface area (Å²) in [6.45, 7) is 0. The molecule has 0 saturated carbocycles. The Bertz CT molecular complexity index is 153. The maximum Gasteiger partial charge on any atom is 1.00 e. The van der Waals surface area contributed by atoms with E-state index in [0.29, 0.717) is 0 Å². The predicted octanol–water partition coefficient (Wildman–Crippen LogP) is -2.23. The molecule has 0 bridgehead atoms. The van der Waals surface area contributed by atoms with Crippen LogP contribution in [0.1, 0.15) is 1.43 Å². The molecule has 0 aliphatic rings. The first-order valence-corrected chi connectivity index (χ1v) is 3.52. The molecule has 4 nitrogen and oxygen atoms in total. The normalized spacial score (nSPS) is 14.4. The second-order valence-electron chi connectivity index (χ2n) is 1.28. The third kappa shape index (κ3) is 8.40. The van der Waals surface area contributed by atoms with Gasteiger partial charge in [0.1, 0.15) is 0 Å². The minimum atomic E-state index is -5.13. The molecule has 0 amide bonds. The minimum Gasteiger partial charge on any atom is -1.00 e. The van der Waals surface area contributed by atoms with Crippen LogP contribution in [0.2, 0.25) is 0 Å². The Morgan fingerprint density at radius 2 is 1.73 bits per heavy atom. The molecule has 0 aliphatic heterocycles. The summed E-state index contributed by atoms with van der Waals surface area (Å²) in [7, 11) is -5.13. The van der Waals surface area contributed by atoms with Crippen LogP contribution in [-0.4, -0.2) is 22.6 Å². The van der Waals surface area contributed by atoms with E-state index in [2.05, 4.69) is 4.52 Å². The molecule has 0 aromatic rings. The van der Waals surface area contributed by atoms with Crippen molar-refractivity contribution in [2.45, 2.75) is 12.8 Å². The molecule has 11 heavy (non-hydrogen) atoms. The zero-order chi connectivity index (χ0) is 8.36. The Labute approximate surface area is 73.6 Å². The van der Waals surface area contributed by atoms with Gasteiger partial charge in [-0.2, -0.15) is 0 Å². The first kappa shape index (κ1) is 14.0. The van der Waals surface area contributed by atoms with Crippen molar-refractivity contribution in [1.82, 2.24) is 0 Å². The van der Waals surface area contributed by atoms with E-state index < -0.39 is 20.6 Å². The molecular formula is C2H5F3LiO4P. The van der Waals surface area contributed by atoms with Crippen LogP contribution in [0.3, 0.4) is 0 Å². The molecule has 0 aromatic heterocycles. The SMILES string of the molecule is O=P(O)(O)OC(F)C(F)F.[H-].[Li+]. The molecule has 9 heteroatoms. The Hall–Kier alpha value is 0.497. The minimum absolute atomic E-state index is 0. The predicted molar refractivity (Wildman–Crippen MR) is 25.1 cm³/mol. The van der Waals surface area contributed by atoms with Gasteiger partial charge in [-0.15, -0.1) is 0 Å². The maximum absolute atomic E-state index is 11.6. The first-order chi connectivity index (χ1) is 4.33. The van der Waals surface area contributed by atoms with Crippen molar-refractivity contribution in [3.63, 3.8) is 0 Å². The molecule has 0 rings (SSSR count). The molecule has 1 unspecified atom stereocenters. The Morgan fingerprint density at radius 3 is 1.82 bits per heavy atom. The molecule has 0 heterocycles. The smallest absolute Gasteiger partial charge is 1.00 e. The van der Waals surface area contributed by atoms with Crippen LogP contribution in [0.15, 0.2) is 0 Å². The van der Waals surface area contributed by atoms with E-state index >= 15 is 0 Å². The summed E-state index contributed by atoms with van der Waals surface area (Å²) in [5.41, 5.74) is 0. The van der Waals surface area contributed by atoms with Crippen LogP contribution in [0.25, 0.3) is 0 Å². The van der Waals surface area contributed by atoms with Crippen molar-refractivity contribution < 1.29 is 52.3 Å². The van der Waals surface area contributed by atoms with Crippen molar-refractivity contribution in [2.24, 2.45) is 0 Å². The fraction of sp³-hybridized carbons (Fsp3) is 1.00. The van der Waals surface area contributed by atoms with Crippen LogP contribution in [0.5, 0.6) is 0 Å². The second-order valence-corrected chi connectivity index (χ2v) is 2.47. The quantitative estimate of drug-likeness (QED) is 0.388. The van der Waals surface area contributed by atoms with Gasteiger partial charge in [-0.25, -0.2) is 22.3 Å². The van der Waals surface area contributed by atoms with E-state index in [1.165, 1.54) is 0 Å². The zero-order valence-corrected chi connectivity index (χ0v) is 6.34. The molecule has 2 N–H and O–H groups in total. The van der Waals surface area contributed by atoms with E-state index in [1.807, 2.05) is 0 Å². The van der Waals surface area contributed by atoms with Gasteiger partial charge >= 0.3 is 26.7 Å². The van der Waals surface area contributed by atoms with E-state index in [1.54, 1.807) is 0 Å². The standard InChI is InChI=1S/C2H4F3O4P.Li.H/c3-1(4)2(5)9-10(6,7)8;;/h1-2H,(H2,6,7,8);;/q;+1;-1. The molecule has 0 fully saturated rings. The average Bonchev–Trinajstić information content (AvgIpc) is 1.60. The van der Waals surface area contributed by atoms with E-state index in [4.69, 9.17) is 9.79 Å². The zero-order valence-electron chi connectivity index (χ0n) is 6.45. The van der Waals surface area contributed by atoms with Gasteiger partial charge in [-0.05, 0) is 0 Å². The molecule has 64 valence electrons. The molecule has 0 radical (unpaired) electrons. The second kappa shape index (κ2) is 5.20. The van der Waals surface area contributed by atoms with Gasteiger partial charge in [0, 0.05) is 0 Å². The summed E-state index contributed by atoms with van der Waals surface area (Å²) in [6, 6.07) is 0. The van der Waals surface area contributed by atoms with Crippen LogP contribution >= 0.6 is 7.82 Å². The van der Waals surface area contributed by atoms with Crippen molar-refractivity contribution in [3.8, 4) is 0 Å². The van der Waals surface area contributed by atoms with Gasteiger partial charge in [-0.3, -0.25) is 0 Å². The monoisotopic (exact) mass is 188 g/mol. The number of hydrogen-bond donors (Lipinski definition) is 2. The molecule has 0 aliphatic carbocycles. The van der Waals surface area contributed by atoms with Crippen LogP contribution in [0, 0.1) is 0 Å². The van der Waals surface area contributed by atoms with E-state index in [-0.39, 0.29) is 20.3 Å². The fourth-order valence-electron chi connectivity index (χ4n) is 0.177. The summed E-state index contributed by atoms with van der Waals surface area (Å²) >= 11 is 0. The van der Waals surface area contributed by atoms with Crippen molar-refractivity contribution in [3.05, 3.63) is 0 Å². The summed E-state index contributed by atoms with van der Waals surface area (Å²) < 4.78 is 46.4. The van der Waals surface area contributed by atoms with E-state index in [9.17, 15) is 17.7 Å². The molecular weight excluding hydrogens is 183 g/mol. The van der Waals surface area contributed by atoms with Crippen molar-refractivity contribution in [2.75, 3.05) is 0 Å². The Kier molecular flexibility index (Phi) is 6.64. The molecule has 0 spiro atoms. The number of rotatable bonds is 3. The van der Waals surface area contributed by atoms with Crippen LogP contribution in [0.4, 0.5) is 13.2 Å². The van der Waals surface area contributed by atoms with Gasteiger partial charge < -0.3 is 11.2 Å². The molecule has 1 atom stereocenters. The molecule has 0 aromatic carbocycles. The van der Waals surface area contributed by atoms with Gasteiger partial charge in [0.2, 0.25) is 0 Å². The average molecular weight is 188 g/mol. The molecule has 0 saturated heterocycles. The van der Waals surface area contributed by atoms with Gasteiger partial charge in [0.25, 0.3) is 12.8 Å². The van der Waals surface area contributed by atoms with E-state index in [0.717, 1.165) is 0 Å². The topological polar surface area (TPSA) is 66.8 Å². The summed E-state index contributed by atoms with van der Waals surface area (Å²) in [5.74, 6) is 0. The number of halogens is 3. The number of phosphoric ester groups is 1. The Morgan fingerprint density at radius 1 is 1.36 bits per heavy atom. The van der Waals surface area contributed by atoms with Gasteiger partial charge in [-0.1, -0.05) is 0 Å². The number of phosphoric acid groups is 1. The third-order valence-corrected chi connectivity index (χ3v) is 0.912. The third-order valence-electron chi connectivity index (χ3n) is 0.436. The van der Waals surface area contributed by atoms with Gasteiger partial charge in [0.15, 0.2) is 0 Å². The summed E-state index contributed by atoms with van der Waals surface area (Å²) in [6.07, 6.45) is -6.78. The van der Waals surface area contributed by atoms with Crippen LogP contribution in [-0.2, 0) is 9.09 Å². The van der Waals surface area contributed by atoms with Crippen LogP contribution < -0.4 is 18.9 Å².